The molecule has 36 heavy (non-hydrogen) atoms. The van der Waals surface area contributed by atoms with Crippen molar-refractivity contribution in [2.45, 2.75) is 200 Å². The van der Waals surface area contributed by atoms with E-state index in [1.807, 2.05) is 0 Å². The summed E-state index contributed by atoms with van der Waals surface area (Å²) in [4.78, 5) is 0. The van der Waals surface area contributed by atoms with Crippen molar-refractivity contribution in [1.29, 1.82) is 0 Å². The lowest BCUT2D eigenvalue weighted by Gasteiger charge is -2.05. The second-order valence-corrected chi connectivity index (χ2v) is 11.6. The van der Waals surface area contributed by atoms with Crippen LogP contribution >= 0.6 is 0 Å². The highest BCUT2D eigenvalue weighted by Gasteiger charge is 1.96. The number of hydrogen-bond donors (Lipinski definition) is 1. The molecular weight excluding hydrogens is 434 g/mol. The van der Waals surface area contributed by atoms with Gasteiger partial charge in [0.1, 0.15) is 0 Å². The Morgan fingerprint density at radius 3 is 0.861 bits per heavy atom. The molecule has 1 heteroatoms. The molecule has 0 unspecified atom stereocenters. The van der Waals surface area contributed by atoms with Crippen LogP contribution in [0.4, 0.5) is 0 Å². The maximum atomic E-state index is 3.67. The van der Waals surface area contributed by atoms with E-state index >= 15 is 0 Å². The molecule has 216 valence electrons. The number of hydrogen-bond acceptors (Lipinski definition) is 1. The van der Waals surface area contributed by atoms with Crippen molar-refractivity contribution >= 4 is 0 Å². The van der Waals surface area contributed by atoms with Gasteiger partial charge in [0.25, 0.3) is 0 Å². The molecule has 0 saturated heterocycles. The van der Waals surface area contributed by atoms with Crippen LogP contribution in [0.3, 0.4) is 0 Å². The van der Waals surface area contributed by atoms with Crippen molar-refractivity contribution in [2.24, 2.45) is 0 Å². The van der Waals surface area contributed by atoms with Gasteiger partial charge in [-0.05, 0) is 51.6 Å². The van der Waals surface area contributed by atoms with E-state index in [0.29, 0.717) is 0 Å². The van der Waals surface area contributed by atoms with Crippen LogP contribution in [-0.2, 0) is 0 Å². The predicted molar refractivity (Wildman–Crippen MR) is 167 cm³/mol. The van der Waals surface area contributed by atoms with Gasteiger partial charge < -0.3 is 5.32 Å². The molecule has 0 bridgehead atoms. The van der Waals surface area contributed by atoms with Gasteiger partial charge in [-0.1, -0.05) is 174 Å². The Kier molecular flexibility index (Phi) is 34.4. The largest absolute Gasteiger partial charge is 0.317 e. The zero-order chi connectivity index (χ0) is 26.0. The molecule has 0 atom stereocenters. The summed E-state index contributed by atoms with van der Waals surface area (Å²) >= 11 is 0. The predicted octanol–water partition coefficient (Wildman–Crippen LogP) is 12.5. The van der Waals surface area contributed by atoms with Crippen LogP contribution in [0.2, 0.25) is 0 Å². The molecule has 1 N–H and O–H groups in total. The summed E-state index contributed by atoms with van der Waals surface area (Å²) in [5.41, 5.74) is 0. The molecule has 0 amide bonds. The van der Waals surface area contributed by atoms with Crippen molar-refractivity contribution in [1.82, 2.24) is 5.32 Å². The number of unbranched alkanes of at least 4 members (excludes halogenated alkanes) is 26. The molecule has 0 aromatic carbocycles. The molecule has 0 rings (SSSR count). The van der Waals surface area contributed by atoms with Crippen LogP contribution < -0.4 is 5.32 Å². The molecule has 0 saturated carbocycles. The summed E-state index contributed by atoms with van der Waals surface area (Å²) in [5.74, 6) is 0. The van der Waals surface area contributed by atoms with Gasteiger partial charge in [0.15, 0.2) is 0 Å². The Labute approximate surface area is 230 Å². The van der Waals surface area contributed by atoms with Crippen LogP contribution in [0.15, 0.2) is 12.2 Å². The van der Waals surface area contributed by atoms with E-state index in [0.717, 1.165) is 0 Å². The van der Waals surface area contributed by atoms with Gasteiger partial charge in [-0.25, -0.2) is 0 Å². The average molecular weight is 506 g/mol. The molecule has 0 aromatic heterocycles. The quantitative estimate of drug-likeness (QED) is 0.0707. The van der Waals surface area contributed by atoms with Crippen molar-refractivity contribution in [3.8, 4) is 0 Å². The Balaban J connectivity index is 3.04. The maximum absolute atomic E-state index is 3.67. The maximum Gasteiger partial charge on any atom is -0.00489 e. The highest BCUT2D eigenvalue weighted by molar-refractivity contribution is 4.81. The third-order valence-electron chi connectivity index (χ3n) is 7.82. The fraction of sp³-hybridized carbons (Fsp3) is 0.943. The highest BCUT2D eigenvalue weighted by Crippen LogP contribution is 2.14. The highest BCUT2D eigenvalue weighted by atomic mass is 14.8. The van der Waals surface area contributed by atoms with Gasteiger partial charge in [-0.2, -0.15) is 0 Å². The molecule has 0 aliphatic rings. The molecule has 0 aliphatic heterocycles. The summed E-state index contributed by atoms with van der Waals surface area (Å²) in [6.07, 6.45) is 46.3. The van der Waals surface area contributed by atoms with Gasteiger partial charge in [0, 0.05) is 0 Å². The molecule has 0 aromatic rings. The average Bonchev–Trinajstić information content (AvgIpc) is 2.89. The van der Waals surface area contributed by atoms with E-state index in [1.165, 1.54) is 199 Å². The fourth-order valence-electron chi connectivity index (χ4n) is 5.24. The van der Waals surface area contributed by atoms with Gasteiger partial charge >= 0.3 is 0 Å². The Morgan fingerprint density at radius 1 is 0.306 bits per heavy atom. The van der Waals surface area contributed by atoms with Gasteiger partial charge in [0.05, 0.1) is 0 Å². The minimum atomic E-state index is 1.24. The van der Waals surface area contributed by atoms with Crippen molar-refractivity contribution in [3.63, 3.8) is 0 Å². The second kappa shape index (κ2) is 34.7. The number of allylic oxidation sites excluding steroid dienone is 2. The topological polar surface area (TPSA) is 12.0 Å². The first-order valence-electron chi connectivity index (χ1n) is 17.3. The van der Waals surface area contributed by atoms with E-state index in [1.54, 1.807) is 0 Å². The van der Waals surface area contributed by atoms with Crippen LogP contribution in [0, 0.1) is 0 Å². The second-order valence-electron chi connectivity index (χ2n) is 11.6. The first-order valence-corrected chi connectivity index (χ1v) is 17.3. The summed E-state index contributed by atoms with van der Waals surface area (Å²) in [7, 11) is 0. The van der Waals surface area contributed by atoms with Crippen molar-refractivity contribution in [2.75, 3.05) is 13.1 Å². The Morgan fingerprint density at radius 2 is 0.556 bits per heavy atom. The molecule has 0 radical (unpaired) electrons. The van der Waals surface area contributed by atoms with Crippen LogP contribution in [0.5, 0.6) is 0 Å². The van der Waals surface area contributed by atoms with E-state index in [4.69, 9.17) is 0 Å². The van der Waals surface area contributed by atoms with E-state index in [2.05, 4.69) is 31.3 Å². The standard InChI is InChI=1S/C35H71N/c1-3-5-7-9-11-13-15-17-19-21-23-25-27-29-31-33-35-36-34-32-30-28-26-24-22-20-18-16-14-12-10-8-6-4-2/h16,18,36H,3-15,17,19-35H2,1-2H3/b18-16-. The smallest absolute Gasteiger partial charge is 0.00489 e. The van der Waals surface area contributed by atoms with Crippen molar-refractivity contribution in [3.05, 3.63) is 12.2 Å². The van der Waals surface area contributed by atoms with Gasteiger partial charge in [-0.3, -0.25) is 0 Å². The lowest BCUT2D eigenvalue weighted by molar-refractivity contribution is 0.520. The number of rotatable bonds is 32. The van der Waals surface area contributed by atoms with E-state index in [-0.39, 0.29) is 0 Å². The third-order valence-corrected chi connectivity index (χ3v) is 7.82. The van der Waals surface area contributed by atoms with Crippen LogP contribution in [-0.4, -0.2) is 13.1 Å². The van der Waals surface area contributed by atoms with E-state index in [9.17, 15) is 0 Å². The zero-order valence-corrected chi connectivity index (χ0v) is 25.6. The molecular formula is C35H71N. The lowest BCUT2D eigenvalue weighted by atomic mass is 10.0. The molecule has 0 fully saturated rings. The van der Waals surface area contributed by atoms with Gasteiger partial charge in [-0.15, -0.1) is 0 Å². The fourth-order valence-corrected chi connectivity index (χ4v) is 5.24. The molecule has 0 aliphatic carbocycles. The molecule has 1 nitrogen and oxygen atoms in total. The van der Waals surface area contributed by atoms with Crippen LogP contribution in [0.25, 0.3) is 0 Å². The zero-order valence-electron chi connectivity index (χ0n) is 25.6. The normalized spacial score (nSPS) is 11.7. The first kappa shape index (κ1) is 35.7. The third kappa shape index (κ3) is 33.7. The summed E-state index contributed by atoms with van der Waals surface area (Å²) < 4.78 is 0. The summed E-state index contributed by atoms with van der Waals surface area (Å²) in [6, 6.07) is 0. The minimum Gasteiger partial charge on any atom is -0.317 e. The van der Waals surface area contributed by atoms with Gasteiger partial charge in [0.2, 0.25) is 0 Å². The van der Waals surface area contributed by atoms with E-state index < -0.39 is 0 Å². The number of nitrogens with one attached hydrogen (secondary N) is 1. The molecule has 0 spiro atoms. The summed E-state index contributed by atoms with van der Waals surface area (Å²) in [6.45, 7) is 7.07. The SMILES string of the molecule is CCCCCCC/C=C\CCCCCCCCNCCCCCCCCCCCCCCCCCC. The molecule has 0 heterocycles. The first-order chi connectivity index (χ1) is 17.9. The monoisotopic (exact) mass is 506 g/mol. The minimum absolute atomic E-state index is 1.24. The van der Waals surface area contributed by atoms with Crippen LogP contribution in [0.1, 0.15) is 200 Å². The summed E-state index contributed by atoms with van der Waals surface area (Å²) in [5, 5.41) is 3.67. The lowest BCUT2D eigenvalue weighted by Crippen LogP contribution is -2.16. The Bertz CT molecular complexity index is 388. The Hall–Kier alpha value is -0.300. The van der Waals surface area contributed by atoms with Crippen molar-refractivity contribution < 1.29 is 0 Å².